The first-order chi connectivity index (χ1) is 8.11. The van der Waals surface area contributed by atoms with Gasteiger partial charge in [0.1, 0.15) is 0 Å². The van der Waals surface area contributed by atoms with E-state index in [2.05, 4.69) is 5.32 Å². The van der Waals surface area contributed by atoms with Crippen molar-refractivity contribution in [3.05, 3.63) is 40.4 Å². The predicted octanol–water partition coefficient (Wildman–Crippen LogP) is 1.99. The molecule has 2 rings (SSSR count). The number of nitrogens with one attached hydrogen (secondary N) is 1. The van der Waals surface area contributed by atoms with Gasteiger partial charge in [-0.15, -0.1) is 0 Å². The largest absolute Gasteiger partial charge is 0.463 e. The van der Waals surface area contributed by atoms with Gasteiger partial charge in [0.25, 0.3) is 5.91 Å². The highest BCUT2D eigenvalue weighted by Gasteiger charge is 2.24. The van der Waals surface area contributed by atoms with Crippen LogP contribution in [0.5, 0.6) is 0 Å². The molecule has 1 heterocycles. The molecule has 0 fully saturated rings. The summed E-state index contributed by atoms with van der Waals surface area (Å²) < 4.78 is 4.78. The number of benzene rings is 1. The molecule has 1 aromatic carbocycles. The number of amides is 1. The molecule has 0 spiro atoms. The number of carbonyl (C=O) groups is 2. The average molecular weight is 252 g/mol. The van der Waals surface area contributed by atoms with Crippen molar-refractivity contribution in [2.75, 3.05) is 6.61 Å². The molecule has 0 unspecified atom stereocenters. The molecule has 1 aliphatic rings. The first-order valence-electron chi connectivity index (χ1n) is 5.11. The van der Waals surface area contributed by atoms with Crippen molar-refractivity contribution in [2.24, 2.45) is 0 Å². The summed E-state index contributed by atoms with van der Waals surface area (Å²) in [6.07, 6.45) is 1.25. The summed E-state index contributed by atoms with van der Waals surface area (Å²) in [6.45, 7) is 2.01. The second kappa shape index (κ2) is 4.59. The number of esters is 1. The second-order valence-corrected chi connectivity index (χ2v) is 3.89. The van der Waals surface area contributed by atoms with Crippen LogP contribution >= 0.6 is 11.6 Å². The molecule has 1 amide bonds. The lowest BCUT2D eigenvalue weighted by Crippen LogP contribution is -2.13. The van der Waals surface area contributed by atoms with E-state index in [0.29, 0.717) is 28.5 Å². The van der Waals surface area contributed by atoms with Crippen molar-refractivity contribution in [1.29, 1.82) is 0 Å². The van der Waals surface area contributed by atoms with E-state index < -0.39 is 5.97 Å². The number of halogens is 1. The Bertz CT molecular complexity index is 522. The van der Waals surface area contributed by atoms with E-state index in [0.717, 1.165) is 0 Å². The molecule has 1 aromatic rings. The molecule has 0 saturated carbocycles. The molecule has 0 radical (unpaired) electrons. The van der Waals surface area contributed by atoms with Crippen LogP contribution in [0.25, 0.3) is 5.70 Å². The Balaban J connectivity index is 2.39. The maximum absolute atomic E-state index is 11.6. The van der Waals surface area contributed by atoms with Crippen molar-refractivity contribution in [2.45, 2.75) is 6.92 Å². The van der Waals surface area contributed by atoms with Crippen LogP contribution in [0.3, 0.4) is 0 Å². The molecule has 0 bridgehead atoms. The fourth-order valence-electron chi connectivity index (χ4n) is 1.61. The molecule has 1 N–H and O–H groups in total. The predicted molar refractivity (Wildman–Crippen MR) is 63.5 cm³/mol. The van der Waals surface area contributed by atoms with Gasteiger partial charge in [0.2, 0.25) is 0 Å². The van der Waals surface area contributed by atoms with Crippen molar-refractivity contribution < 1.29 is 14.3 Å². The van der Waals surface area contributed by atoms with Gasteiger partial charge in [-0.1, -0.05) is 11.6 Å². The zero-order chi connectivity index (χ0) is 12.4. The lowest BCUT2D eigenvalue weighted by atomic mass is 10.1. The minimum atomic E-state index is -0.490. The van der Waals surface area contributed by atoms with Crippen molar-refractivity contribution >= 4 is 29.2 Å². The van der Waals surface area contributed by atoms with Gasteiger partial charge < -0.3 is 10.1 Å². The Morgan fingerprint density at radius 2 is 2.24 bits per heavy atom. The van der Waals surface area contributed by atoms with Gasteiger partial charge in [0, 0.05) is 22.2 Å². The van der Waals surface area contributed by atoms with Gasteiger partial charge in [0.15, 0.2) is 0 Å². The molecule has 17 heavy (non-hydrogen) atoms. The fraction of sp³-hybridized carbons (Fsp3) is 0.167. The number of ether oxygens (including phenoxy) is 1. The van der Waals surface area contributed by atoms with Crippen molar-refractivity contribution in [3.63, 3.8) is 0 Å². The minimum Gasteiger partial charge on any atom is -0.463 e. The zero-order valence-electron chi connectivity index (χ0n) is 9.12. The van der Waals surface area contributed by atoms with Gasteiger partial charge in [-0.3, -0.25) is 4.79 Å². The quantitative estimate of drug-likeness (QED) is 0.646. The van der Waals surface area contributed by atoms with Crippen molar-refractivity contribution in [1.82, 2.24) is 5.32 Å². The van der Waals surface area contributed by atoms with Crippen LogP contribution in [0.1, 0.15) is 22.8 Å². The van der Waals surface area contributed by atoms with Crippen LogP contribution in [0.2, 0.25) is 5.02 Å². The summed E-state index contributed by atoms with van der Waals surface area (Å²) in [5.74, 6) is -0.733. The van der Waals surface area contributed by atoms with E-state index in [9.17, 15) is 9.59 Å². The number of carbonyl (C=O) groups excluding carboxylic acids is 2. The molecule has 5 heteroatoms. The smallest absolute Gasteiger partial charge is 0.332 e. The van der Waals surface area contributed by atoms with Crippen LogP contribution in [0.4, 0.5) is 0 Å². The van der Waals surface area contributed by atoms with E-state index >= 15 is 0 Å². The summed E-state index contributed by atoms with van der Waals surface area (Å²) >= 11 is 5.85. The maximum Gasteiger partial charge on any atom is 0.332 e. The molecule has 0 aliphatic carbocycles. The van der Waals surface area contributed by atoms with Crippen LogP contribution in [0, 0.1) is 0 Å². The highest BCUT2D eigenvalue weighted by atomic mass is 35.5. The molecule has 0 aromatic heterocycles. The van der Waals surface area contributed by atoms with Gasteiger partial charge in [-0.25, -0.2) is 4.79 Å². The van der Waals surface area contributed by atoms with Gasteiger partial charge >= 0.3 is 5.97 Å². The lowest BCUT2D eigenvalue weighted by Gasteiger charge is -2.00. The molecular formula is C12H10ClNO3. The molecule has 4 nitrogen and oxygen atoms in total. The van der Waals surface area contributed by atoms with E-state index in [1.165, 1.54) is 6.08 Å². The SMILES string of the molecule is CCOC(=O)/C=C1/NC(=O)c2ccc(Cl)cc21. The highest BCUT2D eigenvalue weighted by molar-refractivity contribution is 6.31. The van der Waals surface area contributed by atoms with Gasteiger partial charge in [-0.2, -0.15) is 0 Å². The average Bonchev–Trinajstić information content (AvgIpc) is 2.55. The van der Waals surface area contributed by atoms with Crippen molar-refractivity contribution in [3.8, 4) is 0 Å². The second-order valence-electron chi connectivity index (χ2n) is 3.45. The lowest BCUT2D eigenvalue weighted by molar-refractivity contribution is -0.137. The third-order valence-corrected chi connectivity index (χ3v) is 2.55. The minimum absolute atomic E-state index is 0.243. The summed E-state index contributed by atoms with van der Waals surface area (Å²) in [7, 11) is 0. The summed E-state index contributed by atoms with van der Waals surface area (Å²) in [5, 5.41) is 3.11. The monoisotopic (exact) mass is 251 g/mol. The summed E-state index contributed by atoms with van der Waals surface area (Å²) in [5.41, 5.74) is 1.55. The Kier molecular flexibility index (Phi) is 3.15. The van der Waals surface area contributed by atoms with Crippen LogP contribution < -0.4 is 5.32 Å². The molecule has 0 atom stereocenters. The van der Waals surface area contributed by atoms with Crippen LogP contribution in [-0.2, 0) is 9.53 Å². The normalized spacial score (nSPS) is 15.6. The van der Waals surface area contributed by atoms with Crippen LogP contribution in [0.15, 0.2) is 24.3 Å². The van der Waals surface area contributed by atoms with Gasteiger partial charge in [0.05, 0.1) is 12.3 Å². The molecule has 1 aliphatic heterocycles. The van der Waals surface area contributed by atoms with Gasteiger partial charge in [-0.05, 0) is 25.1 Å². The third-order valence-electron chi connectivity index (χ3n) is 2.31. The Morgan fingerprint density at radius 1 is 1.47 bits per heavy atom. The number of hydrogen-bond acceptors (Lipinski definition) is 3. The third kappa shape index (κ3) is 2.31. The molecule has 0 saturated heterocycles. The van der Waals surface area contributed by atoms with E-state index in [1.807, 2.05) is 0 Å². The molecule has 88 valence electrons. The van der Waals surface area contributed by atoms with E-state index in [-0.39, 0.29) is 5.91 Å². The summed E-state index contributed by atoms with van der Waals surface area (Å²) in [4.78, 5) is 22.9. The number of rotatable bonds is 2. The van der Waals surface area contributed by atoms with E-state index in [4.69, 9.17) is 16.3 Å². The number of fused-ring (bicyclic) bond motifs is 1. The maximum atomic E-state index is 11.6. The number of hydrogen-bond donors (Lipinski definition) is 1. The summed E-state index contributed by atoms with van der Waals surface area (Å²) in [6, 6.07) is 4.89. The molecular weight excluding hydrogens is 242 g/mol. The highest BCUT2D eigenvalue weighted by Crippen LogP contribution is 2.27. The first kappa shape index (κ1) is 11.7. The Hall–Kier alpha value is -1.81. The first-order valence-corrected chi connectivity index (χ1v) is 5.49. The Morgan fingerprint density at radius 3 is 2.94 bits per heavy atom. The Labute approximate surface area is 103 Å². The fourth-order valence-corrected chi connectivity index (χ4v) is 1.78. The zero-order valence-corrected chi connectivity index (χ0v) is 9.88. The van der Waals surface area contributed by atoms with E-state index in [1.54, 1.807) is 25.1 Å². The van der Waals surface area contributed by atoms with Crippen LogP contribution in [-0.4, -0.2) is 18.5 Å². The topological polar surface area (TPSA) is 55.4 Å². The standard InChI is InChI=1S/C12H10ClNO3/c1-2-17-11(15)6-10-9-5-7(13)3-4-8(9)12(16)14-10/h3-6H,2H2,1H3,(H,14,16)/b10-6+.